The van der Waals surface area contributed by atoms with Gasteiger partial charge in [-0.15, -0.1) is 0 Å². The van der Waals surface area contributed by atoms with Crippen LogP contribution in [0.15, 0.2) is 60.7 Å². The van der Waals surface area contributed by atoms with Crippen molar-refractivity contribution in [2.24, 2.45) is 23.7 Å². The smallest absolute Gasteiger partial charge is 0.272 e. The fraction of sp³-hybridized carbons (Fsp3) is 0.261. The van der Waals surface area contributed by atoms with Gasteiger partial charge in [0, 0.05) is 5.02 Å². The van der Waals surface area contributed by atoms with Crippen molar-refractivity contribution in [2.45, 2.75) is 13.0 Å². The lowest BCUT2D eigenvalue weighted by atomic mass is 9.85. The third-order valence-electron chi connectivity index (χ3n) is 6.27. The number of carbonyl (C=O) groups is 3. The Morgan fingerprint density at radius 2 is 1.53 bits per heavy atom. The molecule has 0 radical (unpaired) electrons. The Labute approximate surface area is 183 Å². The summed E-state index contributed by atoms with van der Waals surface area (Å²) >= 11 is 12.2. The summed E-state index contributed by atoms with van der Waals surface area (Å²) in [5, 5.41) is 3.12. The van der Waals surface area contributed by atoms with Gasteiger partial charge in [-0.05, 0) is 48.1 Å². The molecule has 1 aliphatic heterocycles. The third-order valence-corrected chi connectivity index (χ3v) is 6.85. The molecule has 1 saturated carbocycles. The first-order valence-electron chi connectivity index (χ1n) is 9.82. The first kappa shape index (κ1) is 19.3. The third kappa shape index (κ3) is 2.96. The van der Waals surface area contributed by atoms with Crippen LogP contribution < -0.4 is 0 Å². The van der Waals surface area contributed by atoms with Gasteiger partial charge in [0.1, 0.15) is 0 Å². The maximum absolute atomic E-state index is 13.5. The number of amides is 3. The van der Waals surface area contributed by atoms with Crippen LogP contribution in [0.1, 0.15) is 22.3 Å². The van der Waals surface area contributed by atoms with Crippen LogP contribution in [-0.4, -0.2) is 27.7 Å². The maximum Gasteiger partial charge on any atom is 0.274 e. The standard InChI is InChI=1S/C23H18Cl2N2O3/c24-16-9-5-13(6-10-16)12-26(21(28)17-3-1-2-4-18(17)25)27-22(29)19-14-7-8-15(11-14)20(19)23(27)30/h1-10,14-15,19-20H,11-12H2/t14-,15-,19-,20-/m0/s1. The van der Waals surface area contributed by atoms with E-state index in [9.17, 15) is 14.4 Å². The number of hydrazine groups is 1. The highest BCUT2D eigenvalue weighted by molar-refractivity contribution is 6.34. The zero-order chi connectivity index (χ0) is 21.0. The lowest BCUT2D eigenvalue weighted by molar-refractivity contribution is -0.156. The van der Waals surface area contributed by atoms with Gasteiger partial charge in [0.25, 0.3) is 17.7 Å². The summed E-state index contributed by atoms with van der Waals surface area (Å²) in [4.78, 5) is 40.1. The Balaban J connectivity index is 1.53. The molecule has 0 aromatic heterocycles. The molecule has 4 atom stereocenters. The van der Waals surface area contributed by atoms with E-state index < -0.39 is 5.91 Å². The Hall–Kier alpha value is -2.63. The number of nitrogens with zero attached hydrogens (tertiary/aromatic N) is 2. The van der Waals surface area contributed by atoms with Gasteiger partial charge in [0.2, 0.25) is 0 Å². The van der Waals surface area contributed by atoms with Crippen molar-refractivity contribution >= 4 is 40.9 Å². The molecule has 0 N–H and O–H groups in total. The molecule has 3 amide bonds. The highest BCUT2D eigenvalue weighted by Crippen LogP contribution is 2.53. The fourth-order valence-electron chi connectivity index (χ4n) is 4.89. The molecule has 2 aliphatic carbocycles. The minimum Gasteiger partial charge on any atom is -0.272 e. The van der Waals surface area contributed by atoms with Crippen molar-refractivity contribution in [3.8, 4) is 0 Å². The summed E-state index contributed by atoms with van der Waals surface area (Å²) in [5.74, 6) is -1.76. The minimum absolute atomic E-state index is 0.0565. The van der Waals surface area contributed by atoms with Crippen LogP contribution in [0.5, 0.6) is 0 Å². The first-order chi connectivity index (χ1) is 14.5. The summed E-state index contributed by atoms with van der Waals surface area (Å²) in [6, 6.07) is 13.6. The van der Waals surface area contributed by atoms with E-state index in [-0.39, 0.29) is 52.6 Å². The van der Waals surface area contributed by atoms with Crippen LogP contribution in [-0.2, 0) is 16.1 Å². The molecule has 0 unspecified atom stereocenters. The molecule has 30 heavy (non-hydrogen) atoms. The van der Waals surface area contributed by atoms with Crippen molar-refractivity contribution in [3.05, 3.63) is 81.9 Å². The Kier molecular flexibility index (Phi) is 4.68. The SMILES string of the molecule is O=C(c1ccccc1Cl)N(Cc1ccc(Cl)cc1)N1C(=O)[C@@H]2[C@@H](C1=O)[C@H]1C=C[C@H]2C1. The average Bonchev–Trinajstić information content (AvgIpc) is 3.42. The Morgan fingerprint density at radius 3 is 2.13 bits per heavy atom. The van der Waals surface area contributed by atoms with E-state index in [4.69, 9.17) is 23.2 Å². The molecule has 1 heterocycles. The predicted octanol–water partition coefficient (Wildman–Crippen LogP) is 4.36. The van der Waals surface area contributed by atoms with Gasteiger partial charge >= 0.3 is 0 Å². The highest BCUT2D eigenvalue weighted by atomic mass is 35.5. The fourth-order valence-corrected chi connectivity index (χ4v) is 5.24. The average molecular weight is 441 g/mol. The van der Waals surface area contributed by atoms with E-state index in [1.807, 2.05) is 12.2 Å². The summed E-state index contributed by atoms with van der Waals surface area (Å²) in [6.07, 6.45) is 4.89. The van der Waals surface area contributed by atoms with Crippen molar-refractivity contribution in [3.63, 3.8) is 0 Å². The number of fused-ring (bicyclic) bond motifs is 5. The molecule has 0 spiro atoms. The van der Waals surface area contributed by atoms with Crippen molar-refractivity contribution in [1.82, 2.24) is 10.0 Å². The van der Waals surface area contributed by atoms with Crippen LogP contribution in [0, 0.1) is 23.7 Å². The van der Waals surface area contributed by atoms with Crippen LogP contribution in [0.25, 0.3) is 0 Å². The van der Waals surface area contributed by atoms with Gasteiger partial charge in [-0.25, -0.2) is 5.01 Å². The largest absolute Gasteiger partial charge is 0.274 e. The summed E-state index contributed by atoms with van der Waals surface area (Å²) in [6.45, 7) is 0.0565. The van der Waals surface area contributed by atoms with E-state index in [1.54, 1.807) is 48.5 Å². The molecule has 1 saturated heterocycles. The normalized spacial score (nSPS) is 26.4. The zero-order valence-corrected chi connectivity index (χ0v) is 17.4. The molecule has 152 valence electrons. The number of rotatable bonds is 4. The molecule has 3 aliphatic rings. The second kappa shape index (κ2) is 7.25. The van der Waals surface area contributed by atoms with Gasteiger partial charge in [0.15, 0.2) is 0 Å². The number of allylic oxidation sites excluding steroid dienone is 2. The number of hydrogen-bond donors (Lipinski definition) is 0. The molecule has 2 fully saturated rings. The number of carbonyl (C=O) groups excluding carboxylic acids is 3. The summed E-state index contributed by atoms with van der Waals surface area (Å²) < 4.78 is 0. The lowest BCUT2D eigenvalue weighted by Crippen LogP contribution is -2.50. The van der Waals surface area contributed by atoms with Gasteiger partial charge in [-0.2, -0.15) is 5.01 Å². The molecule has 2 aromatic carbocycles. The number of imide groups is 1. The van der Waals surface area contributed by atoms with E-state index >= 15 is 0 Å². The monoisotopic (exact) mass is 440 g/mol. The van der Waals surface area contributed by atoms with Gasteiger partial charge in [0.05, 0.1) is 29.0 Å². The van der Waals surface area contributed by atoms with E-state index in [0.717, 1.165) is 17.0 Å². The molecule has 5 rings (SSSR count). The van der Waals surface area contributed by atoms with E-state index in [2.05, 4.69) is 0 Å². The van der Waals surface area contributed by atoms with E-state index in [1.165, 1.54) is 5.01 Å². The predicted molar refractivity (Wildman–Crippen MR) is 112 cm³/mol. The molecule has 2 bridgehead atoms. The first-order valence-corrected chi connectivity index (χ1v) is 10.6. The van der Waals surface area contributed by atoms with Crippen LogP contribution in [0.3, 0.4) is 0 Å². The van der Waals surface area contributed by atoms with Crippen LogP contribution in [0.4, 0.5) is 0 Å². The quantitative estimate of drug-likeness (QED) is 0.524. The zero-order valence-electron chi connectivity index (χ0n) is 15.9. The van der Waals surface area contributed by atoms with Crippen molar-refractivity contribution in [2.75, 3.05) is 0 Å². The molecular weight excluding hydrogens is 423 g/mol. The number of hydrogen-bond acceptors (Lipinski definition) is 3. The Morgan fingerprint density at radius 1 is 0.933 bits per heavy atom. The second-order valence-electron chi connectivity index (χ2n) is 7.96. The van der Waals surface area contributed by atoms with E-state index in [0.29, 0.717) is 5.02 Å². The maximum atomic E-state index is 13.5. The number of halogens is 2. The van der Waals surface area contributed by atoms with Crippen molar-refractivity contribution in [1.29, 1.82) is 0 Å². The second-order valence-corrected chi connectivity index (χ2v) is 8.80. The van der Waals surface area contributed by atoms with Gasteiger partial charge in [-0.1, -0.05) is 59.6 Å². The molecular formula is C23H18Cl2N2O3. The molecule has 5 nitrogen and oxygen atoms in total. The van der Waals surface area contributed by atoms with Crippen LogP contribution in [0.2, 0.25) is 10.0 Å². The lowest BCUT2D eigenvalue weighted by Gasteiger charge is -2.31. The van der Waals surface area contributed by atoms with Gasteiger partial charge in [-0.3, -0.25) is 14.4 Å². The minimum atomic E-state index is -0.488. The van der Waals surface area contributed by atoms with Crippen molar-refractivity contribution < 1.29 is 14.4 Å². The Bertz CT molecular complexity index is 1050. The summed E-state index contributed by atoms with van der Waals surface area (Å²) in [5.41, 5.74) is 0.991. The van der Waals surface area contributed by atoms with Crippen LogP contribution >= 0.6 is 23.2 Å². The highest BCUT2D eigenvalue weighted by Gasteiger charge is 2.61. The number of benzene rings is 2. The molecule has 2 aromatic rings. The molecule has 7 heteroatoms. The summed E-state index contributed by atoms with van der Waals surface area (Å²) in [7, 11) is 0. The van der Waals surface area contributed by atoms with Gasteiger partial charge < -0.3 is 0 Å². The topological polar surface area (TPSA) is 57.7 Å².